The fourth-order valence-electron chi connectivity index (χ4n) is 0. The van der Waals surface area contributed by atoms with E-state index in [2.05, 4.69) is 0 Å². The van der Waals surface area contributed by atoms with Crippen LogP contribution in [0.5, 0.6) is 0 Å². The van der Waals surface area contributed by atoms with Gasteiger partial charge in [0.1, 0.15) is 0 Å². The van der Waals surface area contributed by atoms with Crippen molar-refractivity contribution in [3.8, 4) is 0 Å². The van der Waals surface area contributed by atoms with Gasteiger partial charge in [-0.1, -0.05) is 62.8 Å². The van der Waals surface area contributed by atoms with Crippen molar-refractivity contribution < 1.29 is 39.2 Å². The standard InChI is InChI=1S/4C2H6.CH4.Ar.H2/c4*1-2;;;/h4*1-2H3;1H4;;1H/i;;;;;;1+2. The van der Waals surface area contributed by atoms with Crippen LogP contribution >= 0.6 is 0 Å². The molecule has 0 aliphatic carbocycles. The third-order valence-corrected chi connectivity index (χ3v) is 0. The third-order valence-electron chi connectivity index (χ3n) is 0. The SMILES string of the molecule is C.CC.CC.CC.CC.[3HH].[Ar]. The van der Waals surface area contributed by atoms with Gasteiger partial charge in [0.05, 0.1) is 0 Å². The number of rotatable bonds is 0. The van der Waals surface area contributed by atoms with E-state index in [1.54, 1.807) is 0 Å². The predicted octanol–water partition coefficient (Wildman–Crippen LogP) is 4.99. The van der Waals surface area contributed by atoms with E-state index in [1.165, 1.54) is 0 Å². The van der Waals surface area contributed by atoms with E-state index in [4.69, 9.17) is 0 Å². The van der Waals surface area contributed by atoms with Crippen LogP contribution in [-0.2, 0) is 0 Å². The molecule has 0 amide bonds. The minimum absolute atomic E-state index is 0. The molecule has 0 saturated heterocycles. The van der Waals surface area contributed by atoms with Crippen molar-refractivity contribution in [2.24, 2.45) is 0 Å². The van der Waals surface area contributed by atoms with E-state index >= 15 is 0 Å². The summed E-state index contributed by atoms with van der Waals surface area (Å²) in [6, 6.07) is 0. The van der Waals surface area contributed by atoms with Crippen molar-refractivity contribution in [2.75, 3.05) is 0 Å². The normalized spacial score (nSPS) is 2.40. The summed E-state index contributed by atoms with van der Waals surface area (Å²) in [5.74, 6) is 0. The van der Waals surface area contributed by atoms with Crippen LogP contribution < -0.4 is 0 Å². The number of hydrogen-bond acceptors (Lipinski definition) is 0. The molecule has 0 unspecified atom stereocenters. The molecular formula is C9H30Ar. The van der Waals surface area contributed by atoms with Gasteiger partial charge in [0.2, 0.25) is 0 Å². The van der Waals surface area contributed by atoms with E-state index in [0.29, 0.717) is 0 Å². The molecule has 0 bridgehead atoms. The van der Waals surface area contributed by atoms with Crippen LogP contribution in [0.4, 0.5) is 0 Å². The minimum Gasteiger partial charge on any atom is -0.0776 e. The van der Waals surface area contributed by atoms with E-state index in [1.807, 2.05) is 55.4 Å². The zero-order valence-corrected chi connectivity index (χ0v) is 9.06. The van der Waals surface area contributed by atoms with Gasteiger partial charge in [-0.15, -0.1) is 0 Å². The van der Waals surface area contributed by atoms with Crippen molar-refractivity contribution in [2.45, 2.75) is 62.8 Å². The molecule has 0 aromatic heterocycles. The molecule has 0 fully saturated rings. The largest absolute Gasteiger partial charge is 0.0776 e. The number of hydrogen-bond donors (Lipinski definition) is 0. The van der Waals surface area contributed by atoms with Crippen LogP contribution in [0.15, 0.2) is 0 Å². The van der Waals surface area contributed by atoms with Gasteiger partial charge in [0.15, 0.2) is 0 Å². The fourth-order valence-corrected chi connectivity index (χ4v) is 0. The topological polar surface area (TPSA) is 0 Å². The summed E-state index contributed by atoms with van der Waals surface area (Å²) in [7, 11) is 0. The van der Waals surface area contributed by atoms with E-state index in [9.17, 15) is 0 Å². The average Bonchev–Trinajstić information content (AvgIpc) is 2.03. The van der Waals surface area contributed by atoms with Gasteiger partial charge in [-0.2, -0.15) is 0 Å². The summed E-state index contributed by atoms with van der Waals surface area (Å²) in [5, 5.41) is 0. The second-order valence-electron chi connectivity index (χ2n) is 0. The molecule has 1 heteroatoms. The summed E-state index contributed by atoms with van der Waals surface area (Å²) in [4.78, 5) is 0. The molecule has 74 valence electrons. The van der Waals surface area contributed by atoms with Crippen molar-refractivity contribution in [1.29, 1.82) is 0 Å². The Balaban J connectivity index is -0.00000000356. The van der Waals surface area contributed by atoms with Crippen LogP contribution in [0, 0.1) is 37.7 Å². The van der Waals surface area contributed by atoms with Gasteiger partial charge < -0.3 is 0 Å². The molecule has 0 aliphatic rings. The first-order chi connectivity index (χ1) is 4.00. The second kappa shape index (κ2) is 554. The fraction of sp³-hybridized carbons (Fsp3) is 1.00. The van der Waals surface area contributed by atoms with Crippen LogP contribution in [0.2, 0.25) is 0 Å². The molecule has 0 heterocycles. The van der Waals surface area contributed by atoms with E-state index in [-0.39, 0.29) is 46.6 Å². The van der Waals surface area contributed by atoms with Gasteiger partial charge in [-0.25, -0.2) is 0 Å². The van der Waals surface area contributed by atoms with Crippen molar-refractivity contribution in [3.63, 3.8) is 0 Å². The molecule has 0 rings (SSSR count). The van der Waals surface area contributed by atoms with Crippen molar-refractivity contribution >= 4 is 0 Å². The smallest absolute Gasteiger partial charge is 0 e. The summed E-state index contributed by atoms with van der Waals surface area (Å²) in [5.41, 5.74) is 0. The van der Waals surface area contributed by atoms with Gasteiger partial charge in [-0.3, -0.25) is 0 Å². The molecule has 0 aliphatic heterocycles. The molecule has 0 aromatic rings. The first-order valence-electron chi connectivity index (χ1n) is 4.00. The quantitative estimate of drug-likeness (QED) is 0.493. The van der Waals surface area contributed by atoms with Gasteiger partial charge in [0, 0.05) is 39.2 Å². The zero-order valence-electron chi connectivity index (χ0n) is 8.35. The van der Waals surface area contributed by atoms with Crippen molar-refractivity contribution in [3.05, 3.63) is 0 Å². The maximum Gasteiger partial charge on any atom is 0 e. The third kappa shape index (κ3) is 398. The van der Waals surface area contributed by atoms with Crippen LogP contribution in [-0.4, -0.2) is 0 Å². The molecule has 0 saturated carbocycles. The Morgan fingerprint density at radius 3 is 0.500 bits per heavy atom. The van der Waals surface area contributed by atoms with Gasteiger partial charge in [-0.05, 0) is 0 Å². The van der Waals surface area contributed by atoms with E-state index in [0.717, 1.165) is 0 Å². The molecule has 0 N–H and O–H groups in total. The first-order valence-corrected chi connectivity index (χ1v) is 4.00. The summed E-state index contributed by atoms with van der Waals surface area (Å²) < 4.78 is 0. The molecular weight excluding hydrogens is 148 g/mol. The molecule has 10 heavy (non-hydrogen) atoms. The first kappa shape index (κ1) is 42.8. The second-order valence-corrected chi connectivity index (χ2v) is 0. The Morgan fingerprint density at radius 1 is 0.500 bits per heavy atom. The maximum absolute atomic E-state index is 2.00. The average molecular weight is 180 g/mol. The van der Waals surface area contributed by atoms with Crippen molar-refractivity contribution in [1.82, 2.24) is 0 Å². The molecule has 0 atom stereocenters. The Kier molecular flexibility index (Phi) is 2370. The molecule has 0 nitrogen and oxygen atoms in total. The Morgan fingerprint density at radius 2 is 0.500 bits per heavy atom. The zero-order chi connectivity index (χ0) is 8.00. The molecule has 0 spiro atoms. The Labute approximate surface area is 101 Å². The maximum atomic E-state index is 2.00. The Bertz CT molecular complexity index is 9.52. The summed E-state index contributed by atoms with van der Waals surface area (Å²) in [6.07, 6.45) is 0. The van der Waals surface area contributed by atoms with Crippen LogP contribution in [0.25, 0.3) is 0 Å². The molecule has 0 aromatic carbocycles. The Hall–Kier alpha value is 1.26. The van der Waals surface area contributed by atoms with Gasteiger partial charge in [0.25, 0.3) is 0 Å². The molecule has 0 radical (unpaired) electrons. The predicted molar refractivity (Wildman–Crippen MR) is 54.2 cm³/mol. The van der Waals surface area contributed by atoms with E-state index < -0.39 is 0 Å². The summed E-state index contributed by atoms with van der Waals surface area (Å²) in [6.45, 7) is 16.0. The van der Waals surface area contributed by atoms with Gasteiger partial charge >= 0.3 is 0 Å². The monoisotopic (exact) mass is 180 g/mol. The van der Waals surface area contributed by atoms with Crippen LogP contribution in [0.1, 0.15) is 64.2 Å². The van der Waals surface area contributed by atoms with Crippen LogP contribution in [0.3, 0.4) is 0 Å². The minimum atomic E-state index is 0. The summed E-state index contributed by atoms with van der Waals surface area (Å²) >= 11 is 0.